The first-order valence-corrected chi connectivity index (χ1v) is 3.74. The van der Waals surface area contributed by atoms with Crippen LogP contribution in [0, 0.1) is 0 Å². The number of aliphatic imine (C=N–C) groups is 1. The molecule has 1 rings (SSSR count). The minimum atomic E-state index is 0.983. The molecule has 1 nitrogen and oxygen atoms in total. The van der Waals surface area contributed by atoms with Crippen LogP contribution in [0.4, 0.5) is 0 Å². The SMILES string of the molecule is C1=CCCCCCCN=1. The van der Waals surface area contributed by atoms with Gasteiger partial charge in [-0.1, -0.05) is 12.8 Å². The van der Waals surface area contributed by atoms with Crippen LogP contribution in [0.1, 0.15) is 32.1 Å². The molecular formula is C8H13N. The molecule has 0 fully saturated rings. The summed E-state index contributed by atoms with van der Waals surface area (Å²) in [7, 11) is 0. The van der Waals surface area contributed by atoms with Crippen molar-refractivity contribution >= 4 is 5.87 Å². The van der Waals surface area contributed by atoms with E-state index >= 15 is 0 Å². The Kier molecular flexibility index (Phi) is 3.17. The minimum absolute atomic E-state index is 0.983. The van der Waals surface area contributed by atoms with Crippen LogP contribution in [-0.2, 0) is 0 Å². The summed E-state index contributed by atoms with van der Waals surface area (Å²) in [5.74, 6) is 2.93. The summed E-state index contributed by atoms with van der Waals surface area (Å²) in [5.41, 5.74) is 0. The van der Waals surface area contributed by atoms with Gasteiger partial charge in [0.05, 0.1) is 0 Å². The molecule has 1 heterocycles. The molecule has 0 aromatic carbocycles. The van der Waals surface area contributed by atoms with Crippen molar-refractivity contribution in [3.05, 3.63) is 6.08 Å². The summed E-state index contributed by atoms with van der Waals surface area (Å²) >= 11 is 0. The van der Waals surface area contributed by atoms with Crippen molar-refractivity contribution in [2.24, 2.45) is 4.99 Å². The number of hydrogen-bond donors (Lipinski definition) is 0. The Balaban J connectivity index is 2.29. The number of nitrogens with zero attached hydrogens (tertiary/aromatic N) is 1. The molecule has 0 radical (unpaired) electrons. The van der Waals surface area contributed by atoms with Crippen molar-refractivity contribution in [3.63, 3.8) is 0 Å². The zero-order valence-corrected chi connectivity index (χ0v) is 5.77. The Morgan fingerprint density at radius 1 is 1.11 bits per heavy atom. The van der Waals surface area contributed by atoms with E-state index in [0.717, 1.165) is 6.54 Å². The van der Waals surface area contributed by atoms with E-state index in [-0.39, 0.29) is 0 Å². The van der Waals surface area contributed by atoms with Crippen LogP contribution in [0.5, 0.6) is 0 Å². The van der Waals surface area contributed by atoms with Crippen molar-refractivity contribution in [3.8, 4) is 0 Å². The smallest absolute Gasteiger partial charge is 0.0483 e. The fraction of sp³-hybridized carbons (Fsp3) is 0.750. The topological polar surface area (TPSA) is 12.4 Å². The molecule has 0 saturated heterocycles. The lowest BCUT2D eigenvalue weighted by Crippen LogP contribution is -1.79. The molecule has 0 N–H and O–H groups in total. The van der Waals surface area contributed by atoms with Crippen LogP contribution < -0.4 is 0 Å². The van der Waals surface area contributed by atoms with Crippen LogP contribution in [-0.4, -0.2) is 12.4 Å². The lowest BCUT2D eigenvalue weighted by molar-refractivity contribution is 0.659. The van der Waals surface area contributed by atoms with Gasteiger partial charge in [0.25, 0.3) is 0 Å². The van der Waals surface area contributed by atoms with Crippen LogP contribution in [0.15, 0.2) is 11.1 Å². The first kappa shape index (κ1) is 6.57. The van der Waals surface area contributed by atoms with E-state index in [1.807, 2.05) is 6.08 Å². The maximum absolute atomic E-state index is 4.09. The van der Waals surface area contributed by atoms with Gasteiger partial charge in [-0.15, -0.1) is 0 Å². The lowest BCUT2D eigenvalue weighted by atomic mass is 10.1. The lowest BCUT2D eigenvalue weighted by Gasteiger charge is -1.92. The van der Waals surface area contributed by atoms with E-state index in [0.29, 0.717) is 0 Å². The minimum Gasteiger partial charge on any atom is -0.243 e. The maximum atomic E-state index is 4.09. The predicted molar refractivity (Wildman–Crippen MR) is 40.0 cm³/mol. The summed E-state index contributed by atoms with van der Waals surface area (Å²) in [6.07, 6.45) is 8.50. The van der Waals surface area contributed by atoms with Gasteiger partial charge in [0.2, 0.25) is 0 Å². The van der Waals surface area contributed by atoms with Crippen LogP contribution >= 0.6 is 0 Å². The van der Waals surface area contributed by atoms with Crippen molar-refractivity contribution in [1.82, 2.24) is 0 Å². The second-order valence-corrected chi connectivity index (χ2v) is 2.42. The molecule has 1 aliphatic rings. The Hall–Kier alpha value is -0.550. The maximum Gasteiger partial charge on any atom is 0.0483 e. The van der Waals surface area contributed by atoms with Crippen molar-refractivity contribution in [2.75, 3.05) is 6.54 Å². The Morgan fingerprint density at radius 3 is 3.00 bits per heavy atom. The molecule has 0 aromatic rings. The van der Waals surface area contributed by atoms with Crippen LogP contribution in [0.25, 0.3) is 0 Å². The molecule has 0 aromatic heterocycles. The first-order valence-electron chi connectivity index (χ1n) is 3.74. The van der Waals surface area contributed by atoms with E-state index in [1.165, 1.54) is 32.1 Å². The van der Waals surface area contributed by atoms with Crippen molar-refractivity contribution in [2.45, 2.75) is 32.1 Å². The summed E-state index contributed by atoms with van der Waals surface area (Å²) in [4.78, 5) is 4.09. The molecule has 0 saturated carbocycles. The third-order valence-electron chi connectivity index (χ3n) is 1.55. The Morgan fingerprint density at radius 2 is 2.00 bits per heavy atom. The molecule has 1 aliphatic heterocycles. The molecule has 1 heteroatoms. The van der Waals surface area contributed by atoms with E-state index in [2.05, 4.69) is 10.9 Å². The fourth-order valence-corrected chi connectivity index (χ4v) is 0.984. The molecule has 0 spiro atoms. The van der Waals surface area contributed by atoms with Gasteiger partial charge in [-0.3, -0.25) is 0 Å². The first-order chi connectivity index (χ1) is 4.50. The van der Waals surface area contributed by atoms with Gasteiger partial charge in [-0.25, -0.2) is 4.99 Å². The molecule has 0 amide bonds. The van der Waals surface area contributed by atoms with Gasteiger partial charge in [0.15, 0.2) is 0 Å². The predicted octanol–water partition coefficient (Wildman–Crippen LogP) is 2.18. The highest BCUT2D eigenvalue weighted by atomic mass is 14.7. The molecule has 50 valence electrons. The monoisotopic (exact) mass is 123 g/mol. The van der Waals surface area contributed by atoms with Gasteiger partial charge in [-0.2, -0.15) is 0 Å². The molecule has 0 unspecified atom stereocenters. The second kappa shape index (κ2) is 4.34. The molecule has 0 aliphatic carbocycles. The molecule has 0 atom stereocenters. The van der Waals surface area contributed by atoms with Crippen molar-refractivity contribution in [1.29, 1.82) is 0 Å². The zero-order chi connectivity index (χ0) is 6.36. The number of hydrogen-bond acceptors (Lipinski definition) is 1. The van der Waals surface area contributed by atoms with Gasteiger partial charge < -0.3 is 0 Å². The largest absolute Gasteiger partial charge is 0.243 e. The summed E-state index contributed by atoms with van der Waals surface area (Å²) in [6.45, 7) is 0.983. The van der Waals surface area contributed by atoms with E-state index in [4.69, 9.17) is 0 Å². The van der Waals surface area contributed by atoms with Gasteiger partial charge in [0.1, 0.15) is 0 Å². The van der Waals surface area contributed by atoms with Crippen LogP contribution in [0.3, 0.4) is 0 Å². The van der Waals surface area contributed by atoms with E-state index in [1.54, 1.807) is 0 Å². The third kappa shape index (κ3) is 3.10. The van der Waals surface area contributed by atoms with E-state index < -0.39 is 0 Å². The number of rotatable bonds is 0. The van der Waals surface area contributed by atoms with E-state index in [9.17, 15) is 0 Å². The average molecular weight is 123 g/mol. The Labute approximate surface area is 56.5 Å². The highest BCUT2D eigenvalue weighted by Gasteiger charge is 1.88. The van der Waals surface area contributed by atoms with Gasteiger partial charge in [0, 0.05) is 6.54 Å². The quantitative estimate of drug-likeness (QED) is 0.468. The van der Waals surface area contributed by atoms with Gasteiger partial charge >= 0.3 is 0 Å². The summed E-state index contributed by atoms with van der Waals surface area (Å²) < 4.78 is 0. The zero-order valence-electron chi connectivity index (χ0n) is 5.77. The molecule has 0 bridgehead atoms. The number of allylic oxidation sites excluding steroid dienone is 1. The second-order valence-electron chi connectivity index (χ2n) is 2.42. The molecular weight excluding hydrogens is 110 g/mol. The normalized spacial score (nSPS) is 20.4. The highest BCUT2D eigenvalue weighted by molar-refractivity contribution is 5.51. The van der Waals surface area contributed by atoms with Gasteiger partial charge in [-0.05, 0) is 31.2 Å². The average Bonchev–Trinajstić information content (AvgIpc) is 2.00. The summed E-state index contributed by atoms with van der Waals surface area (Å²) in [5, 5.41) is 0. The Bertz CT molecular complexity index is 109. The van der Waals surface area contributed by atoms with Crippen molar-refractivity contribution < 1.29 is 0 Å². The van der Waals surface area contributed by atoms with Crippen LogP contribution in [0.2, 0.25) is 0 Å². The summed E-state index contributed by atoms with van der Waals surface area (Å²) in [6, 6.07) is 0. The fourth-order valence-electron chi connectivity index (χ4n) is 0.984. The third-order valence-corrected chi connectivity index (χ3v) is 1.55. The standard InChI is InChI=1S/C8H13N/c1-2-4-6-8-9-7-5-3-1/h5H,1-4,6,8H2. The highest BCUT2D eigenvalue weighted by Crippen LogP contribution is 2.03. The molecule has 9 heavy (non-hydrogen) atoms.